The summed E-state index contributed by atoms with van der Waals surface area (Å²) in [6.45, 7) is 15.2. The molecule has 0 spiro atoms. The average Bonchev–Trinajstić information content (AvgIpc) is 3.30. The highest BCUT2D eigenvalue weighted by atomic mass is 16.5. The zero-order valence-electron chi connectivity index (χ0n) is 22.5. The van der Waals surface area contributed by atoms with E-state index in [1.54, 1.807) is 7.11 Å². The van der Waals surface area contributed by atoms with Gasteiger partial charge < -0.3 is 19.4 Å². The van der Waals surface area contributed by atoms with Gasteiger partial charge in [-0.1, -0.05) is 32.1 Å². The Kier molecular flexibility index (Phi) is 6.82. The van der Waals surface area contributed by atoms with Crippen molar-refractivity contribution in [1.82, 2.24) is 19.5 Å². The van der Waals surface area contributed by atoms with Crippen LogP contribution in [0.2, 0.25) is 0 Å². The van der Waals surface area contributed by atoms with Crippen LogP contribution in [0, 0.1) is 12.8 Å². The molecule has 1 unspecified atom stereocenters. The largest absolute Gasteiger partial charge is 0.496 e. The van der Waals surface area contributed by atoms with E-state index in [9.17, 15) is 0 Å². The lowest BCUT2D eigenvalue weighted by molar-refractivity contribution is 0.225. The predicted octanol–water partition coefficient (Wildman–Crippen LogP) is 5.55. The van der Waals surface area contributed by atoms with Crippen molar-refractivity contribution < 1.29 is 4.74 Å². The van der Waals surface area contributed by atoms with Crippen molar-refractivity contribution >= 4 is 23.0 Å². The van der Waals surface area contributed by atoms with Crippen LogP contribution in [0.1, 0.15) is 62.4 Å². The molecule has 1 atom stereocenters. The Morgan fingerprint density at radius 2 is 2.00 bits per heavy atom. The maximum absolute atomic E-state index is 5.70. The van der Waals surface area contributed by atoms with Crippen molar-refractivity contribution in [3.63, 3.8) is 0 Å². The van der Waals surface area contributed by atoms with E-state index >= 15 is 0 Å². The highest BCUT2D eigenvalue weighted by Gasteiger charge is 2.30. The molecule has 5 rings (SSSR count). The molecule has 192 valence electrons. The van der Waals surface area contributed by atoms with Gasteiger partial charge in [0.15, 0.2) is 5.65 Å². The summed E-state index contributed by atoms with van der Waals surface area (Å²) in [6, 6.07) is 10.9. The van der Waals surface area contributed by atoms with Crippen LogP contribution in [0.4, 0.5) is 11.6 Å². The lowest BCUT2D eigenvalue weighted by atomic mass is 9.96. The Balaban J connectivity index is 1.54. The van der Waals surface area contributed by atoms with Crippen molar-refractivity contribution in [1.29, 1.82) is 0 Å². The molecule has 2 aromatic heterocycles. The minimum absolute atomic E-state index is 0.162. The van der Waals surface area contributed by atoms with Crippen LogP contribution in [-0.4, -0.2) is 59.8 Å². The summed E-state index contributed by atoms with van der Waals surface area (Å²) < 4.78 is 7.74. The van der Waals surface area contributed by atoms with Crippen molar-refractivity contribution in [2.24, 2.45) is 5.92 Å². The fourth-order valence-corrected chi connectivity index (χ4v) is 5.66. The zero-order valence-corrected chi connectivity index (χ0v) is 22.5. The summed E-state index contributed by atoms with van der Waals surface area (Å²) in [6.07, 6.45) is 4.46. The van der Waals surface area contributed by atoms with E-state index in [1.165, 1.54) is 12.0 Å². The molecule has 0 saturated carbocycles. The van der Waals surface area contributed by atoms with Crippen molar-refractivity contribution in [2.45, 2.75) is 52.5 Å². The smallest absolute Gasteiger partial charge is 0.160 e. The third-order valence-electron chi connectivity index (χ3n) is 7.61. The molecule has 2 aliphatic rings. The number of anilines is 2. The SMILES string of the molecule is C=C(c1cc(C)ccc1OC)N1CCCCC1c1cc2nc(N3CC(C)C3)cc(N(C)CCC)n2n1. The fourth-order valence-electron chi connectivity index (χ4n) is 5.66. The number of aryl methyl sites for hydroxylation is 1. The number of piperidine rings is 1. The number of methoxy groups -OCH3 is 1. The number of hydrogen-bond acceptors (Lipinski definition) is 6. The van der Waals surface area contributed by atoms with Gasteiger partial charge in [-0.2, -0.15) is 9.61 Å². The second-order valence-corrected chi connectivity index (χ2v) is 10.6. The summed E-state index contributed by atoms with van der Waals surface area (Å²) >= 11 is 0. The standard InChI is InChI=1S/C29H40N6O/c1-7-13-32(5)29-17-27(33-18-21(3)19-33)30-28-16-24(31-35(28)29)25-10-8-9-14-34(25)22(4)23-15-20(2)11-12-26(23)36-6/h11-12,15-17,21,25H,4,7-10,13-14,18-19H2,1-3,5-6H3. The molecule has 0 bridgehead atoms. The number of ether oxygens (including phenoxy) is 1. The Morgan fingerprint density at radius 3 is 2.72 bits per heavy atom. The topological polar surface area (TPSA) is 49.1 Å². The maximum Gasteiger partial charge on any atom is 0.160 e. The van der Waals surface area contributed by atoms with Gasteiger partial charge in [-0.3, -0.25) is 0 Å². The molecule has 0 aliphatic carbocycles. The first kappa shape index (κ1) is 24.5. The Morgan fingerprint density at radius 1 is 1.19 bits per heavy atom. The normalized spacial score (nSPS) is 18.4. The Hall–Kier alpha value is -3.22. The van der Waals surface area contributed by atoms with Crippen molar-refractivity contribution in [2.75, 3.05) is 50.1 Å². The second-order valence-electron chi connectivity index (χ2n) is 10.6. The van der Waals surface area contributed by atoms with Gasteiger partial charge in [0.25, 0.3) is 0 Å². The van der Waals surface area contributed by atoms with Gasteiger partial charge in [0.1, 0.15) is 17.4 Å². The van der Waals surface area contributed by atoms with Gasteiger partial charge >= 0.3 is 0 Å². The van der Waals surface area contributed by atoms with E-state index in [1.807, 2.05) is 10.6 Å². The second kappa shape index (κ2) is 10.0. The van der Waals surface area contributed by atoms with E-state index in [0.717, 1.165) is 91.3 Å². The molecule has 36 heavy (non-hydrogen) atoms. The van der Waals surface area contributed by atoms with E-state index in [4.69, 9.17) is 14.8 Å². The first-order chi connectivity index (χ1) is 17.4. The number of hydrogen-bond donors (Lipinski definition) is 0. The fraction of sp³-hybridized carbons (Fsp3) is 0.517. The summed E-state index contributed by atoms with van der Waals surface area (Å²) in [7, 11) is 3.88. The lowest BCUT2D eigenvalue weighted by Gasteiger charge is -2.38. The van der Waals surface area contributed by atoms with Crippen LogP contribution in [0.25, 0.3) is 11.3 Å². The highest BCUT2D eigenvalue weighted by Crippen LogP contribution is 2.39. The predicted molar refractivity (Wildman–Crippen MR) is 148 cm³/mol. The number of rotatable bonds is 8. The maximum atomic E-state index is 5.70. The first-order valence-electron chi connectivity index (χ1n) is 13.4. The molecule has 7 heteroatoms. The monoisotopic (exact) mass is 488 g/mol. The van der Waals surface area contributed by atoms with Crippen molar-refractivity contribution in [3.05, 3.63) is 53.7 Å². The molecule has 3 aromatic rings. The summed E-state index contributed by atoms with van der Waals surface area (Å²) in [5.41, 5.74) is 5.25. The first-order valence-corrected chi connectivity index (χ1v) is 13.4. The van der Waals surface area contributed by atoms with Gasteiger partial charge in [0, 0.05) is 56.6 Å². The van der Waals surface area contributed by atoms with E-state index in [0.29, 0.717) is 0 Å². The number of benzene rings is 1. The average molecular weight is 489 g/mol. The molecule has 4 heterocycles. The molecule has 0 amide bonds. The van der Waals surface area contributed by atoms with Gasteiger partial charge in [0.05, 0.1) is 18.8 Å². The molecule has 0 radical (unpaired) electrons. The van der Waals surface area contributed by atoms with Crippen LogP contribution in [0.5, 0.6) is 5.75 Å². The summed E-state index contributed by atoms with van der Waals surface area (Å²) in [5, 5.41) is 5.17. The van der Waals surface area contributed by atoms with Crippen LogP contribution in [-0.2, 0) is 0 Å². The zero-order chi connectivity index (χ0) is 25.4. The molecule has 1 aromatic carbocycles. The Bertz CT molecular complexity index is 1240. The van der Waals surface area contributed by atoms with E-state index in [2.05, 4.69) is 73.4 Å². The number of fused-ring (bicyclic) bond motifs is 1. The van der Waals surface area contributed by atoms with Crippen LogP contribution >= 0.6 is 0 Å². The summed E-state index contributed by atoms with van der Waals surface area (Å²) in [5.74, 6) is 3.74. The molecular formula is C29H40N6O. The Labute approximate surface area is 215 Å². The molecule has 0 N–H and O–H groups in total. The minimum Gasteiger partial charge on any atom is -0.496 e. The highest BCUT2D eigenvalue weighted by molar-refractivity contribution is 5.69. The number of nitrogens with zero attached hydrogens (tertiary/aromatic N) is 6. The molecule has 2 fully saturated rings. The number of aromatic nitrogens is 3. The van der Waals surface area contributed by atoms with Gasteiger partial charge in [0.2, 0.25) is 0 Å². The molecular weight excluding hydrogens is 448 g/mol. The van der Waals surface area contributed by atoms with Crippen molar-refractivity contribution in [3.8, 4) is 5.75 Å². The third kappa shape index (κ3) is 4.51. The molecule has 7 nitrogen and oxygen atoms in total. The molecule has 2 aliphatic heterocycles. The third-order valence-corrected chi connectivity index (χ3v) is 7.61. The van der Waals surface area contributed by atoms with E-state index in [-0.39, 0.29) is 6.04 Å². The molecule has 2 saturated heterocycles. The quantitative estimate of drug-likeness (QED) is 0.415. The van der Waals surface area contributed by atoms with E-state index < -0.39 is 0 Å². The van der Waals surface area contributed by atoms with Gasteiger partial charge in [-0.15, -0.1) is 0 Å². The van der Waals surface area contributed by atoms with Crippen LogP contribution < -0.4 is 14.5 Å². The lowest BCUT2D eigenvalue weighted by Crippen LogP contribution is -2.45. The van der Waals surface area contributed by atoms with Crippen LogP contribution in [0.15, 0.2) is 36.9 Å². The van der Waals surface area contributed by atoms with Crippen LogP contribution in [0.3, 0.4) is 0 Å². The van der Waals surface area contributed by atoms with Gasteiger partial charge in [-0.25, -0.2) is 4.98 Å². The van der Waals surface area contributed by atoms with Gasteiger partial charge in [-0.05, 0) is 50.7 Å². The number of likely N-dealkylation sites (tertiary alicyclic amines) is 1. The minimum atomic E-state index is 0.162. The summed E-state index contributed by atoms with van der Waals surface area (Å²) in [4.78, 5) is 12.2.